The molecule has 1 atom stereocenters. The van der Waals surface area contributed by atoms with Gasteiger partial charge >= 0.3 is 6.03 Å². The lowest BCUT2D eigenvalue weighted by Crippen LogP contribution is -2.35. The summed E-state index contributed by atoms with van der Waals surface area (Å²) in [6, 6.07) is 6.56. The molecule has 1 aliphatic heterocycles. The molecule has 0 saturated heterocycles. The van der Waals surface area contributed by atoms with E-state index in [0.29, 0.717) is 24.0 Å². The highest BCUT2D eigenvalue weighted by Gasteiger charge is 2.34. The molecule has 5 nitrogen and oxygen atoms in total. The molecule has 2 rings (SSSR count). The molecule has 96 valence electrons. The molecule has 6 heteroatoms. The molecule has 2 N–H and O–H groups in total. The van der Waals surface area contributed by atoms with Gasteiger partial charge in [0, 0.05) is 18.7 Å². The van der Waals surface area contributed by atoms with Gasteiger partial charge in [0.15, 0.2) is 0 Å². The molecule has 0 bridgehead atoms. The van der Waals surface area contributed by atoms with Gasteiger partial charge in [-0.2, -0.15) is 4.99 Å². The van der Waals surface area contributed by atoms with E-state index in [1.807, 2.05) is 12.1 Å². The van der Waals surface area contributed by atoms with Gasteiger partial charge < -0.3 is 15.4 Å². The number of ether oxygens (including phenoxy) is 1. The molecule has 1 heterocycles. The van der Waals surface area contributed by atoms with Crippen molar-refractivity contribution in [1.82, 2.24) is 4.90 Å². The summed E-state index contributed by atoms with van der Waals surface area (Å²) in [6.07, 6.45) is 0. The van der Waals surface area contributed by atoms with E-state index in [-0.39, 0.29) is 12.1 Å². The number of halogens is 1. The number of amidine groups is 1. The number of hydrogen-bond acceptors (Lipinski definition) is 3. The SMILES string of the molecule is COCCN1C(=O)N=C(N)C1c1cccc(Cl)c1. The molecule has 1 aromatic rings. The molecule has 0 aromatic heterocycles. The van der Waals surface area contributed by atoms with Crippen LogP contribution in [0.1, 0.15) is 11.6 Å². The first-order valence-corrected chi connectivity index (χ1v) is 5.90. The number of aliphatic imine (C=N–C) groups is 1. The van der Waals surface area contributed by atoms with Crippen LogP contribution < -0.4 is 5.73 Å². The Labute approximate surface area is 110 Å². The Morgan fingerprint density at radius 3 is 3.00 bits per heavy atom. The zero-order valence-corrected chi connectivity index (χ0v) is 10.7. The Hall–Kier alpha value is -1.59. The Bertz CT molecular complexity index is 490. The molecular weight excluding hydrogens is 254 g/mol. The van der Waals surface area contributed by atoms with Gasteiger partial charge in [0.2, 0.25) is 0 Å². The summed E-state index contributed by atoms with van der Waals surface area (Å²) in [5.74, 6) is 0.290. The highest BCUT2D eigenvalue weighted by atomic mass is 35.5. The molecule has 1 aromatic carbocycles. The lowest BCUT2D eigenvalue weighted by molar-refractivity contribution is 0.150. The molecule has 18 heavy (non-hydrogen) atoms. The highest BCUT2D eigenvalue weighted by Crippen LogP contribution is 2.28. The van der Waals surface area contributed by atoms with E-state index >= 15 is 0 Å². The Balaban J connectivity index is 2.28. The fourth-order valence-corrected chi connectivity index (χ4v) is 2.15. The minimum absolute atomic E-state index is 0.290. The van der Waals surface area contributed by atoms with Crippen molar-refractivity contribution in [2.45, 2.75) is 6.04 Å². The minimum atomic E-state index is -0.355. The van der Waals surface area contributed by atoms with Crippen molar-refractivity contribution in [1.29, 1.82) is 0 Å². The Kier molecular flexibility index (Phi) is 3.84. The van der Waals surface area contributed by atoms with E-state index in [9.17, 15) is 4.79 Å². The number of carbonyl (C=O) groups excluding carboxylic acids is 1. The van der Waals surface area contributed by atoms with Crippen LogP contribution >= 0.6 is 11.6 Å². The maximum atomic E-state index is 11.7. The molecule has 2 amide bonds. The molecule has 0 aliphatic carbocycles. The van der Waals surface area contributed by atoms with Gasteiger partial charge in [-0.25, -0.2) is 4.79 Å². The van der Waals surface area contributed by atoms with E-state index < -0.39 is 0 Å². The van der Waals surface area contributed by atoms with Crippen molar-refractivity contribution < 1.29 is 9.53 Å². The number of carbonyl (C=O) groups is 1. The first-order valence-electron chi connectivity index (χ1n) is 5.52. The van der Waals surface area contributed by atoms with Gasteiger partial charge in [0.1, 0.15) is 11.9 Å². The standard InChI is InChI=1S/C12H14ClN3O2/c1-18-6-5-16-10(11(14)15-12(16)17)8-3-2-4-9(13)7-8/h2-4,7,10H,5-6H2,1H3,(H2,14,15,17). The summed E-state index contributed by atoms with van der Waals surface area (Å²) >= 11 is 5.95. The van der Waals surface area contributed by atoms with Crippen LogP contribution in [-0.4, -0.2) is 37.0 Å². The second kappa shape index (κ2) is 5.37. The molecule has 0 radical (unpaired) electrons. The highest BCUT2D eigenvalue weighted by molar-refractivity contribution is 6.30. The number of methoxy groups -OCH3 is 1. The van der Waals surface area contributed by atoms with Crippen LogP contribution in [-0.2, 0) is 4.74 Å². The van der Waals surface area contributed by atoms with Crippen molar-refractivity contribution in [3.05, 3.63) is 34.9 Å². The van der Waals surface area contributed by atoms with E-state index in [1.165, 1.54) is 0 Å². The fourth-order valence-electron chi connectivity index (χ4n) is 1.95. The number of amides is 2. The number of rotatable bonds is 4. The van der Waals surface area contributed by atoms with Crippen molar-refractivity contribution in [3.8, 4) is 0 Å². The number of benzene rings is 1. The van der Waals surface area contributed by atoms with Crippen LogP contribution in [0.4, 0.5) is 4.79 Å². The third-order valence-electron chi connectivity index (χ3n) is 2.76. The van der Waals surface area contributed by atoms with Crippen molar-refractivity contribution in [2.24, 2.45) is 10.7 Å². The van der Waals surface area contributed by atoms with Crippen LogP contribution in [0, 0.1) is 0 Å². The monoisotopic (exact) mass is 267 g/mol. The largest absolute Gasteiger partial charge is 0.385 e. The summed E-state index contributed by atoms with van der Waals surface area (Å²) in [5, 5.41) is 0.603. The molecule has 0 spiro atoms. The Morgan fingerprint density at radius 2 is 2.33 bits per heavy atom. The van der Waals surface area contributed by atoms with Gasteiger partial charge in [-0.05, 0) is 17.7 Å². The predicted molar refractivity (Wildman–Crippen MR) is 69.8 cm³/mol. The summed E-state index contributed by atoms with van der Waals surface area (Å²) in [4.78, 5) is 17.1. The van der Waals surface area contributed by atoms with Crippen molar-refractivity contribution in [2.75, 3.05) is 20.3 Å². The average Bonchev–Trinajstić information content (AvgIpc) is 2.61. The van der Waals surface area contributed by atoms with Crippen LogP contribution in [0.5, 0.6) is 0 Å². The van der Waals surface area contributed by atoms with Crippen LogP contribution in [0.15, 0.2) is 29.3 Å². The van der Waals surface area contributed by atoms with Gasteiger partial charge in [-0.1, -0.05) is 23.7 Å². The zero-order chi connectivity index (χ0) is 13.1. The van der Waals surface area contributed by atoms with Gasteiger partial charge in [0.05, 0.1) is 6.61 Å². The molecule has 0 fully saturated rings. The smallest absolute Gasteiger partial charge is 0.346 e. The maximum absolute atomic E-state index is 11.7. The average molecular weight is 268 g/mol. The van der Waals surface area contributed by atoms with Gasteiger partial charge in [0.25, 0.3) is 0 Å². The summed E-state index contributed by atoms with van der Waals surface area (Å²) in [5.41, 5.74) is 6.67. The second-order valence-corrected chi connectivity index (χ2v) is 4.40. The fraction of sp³-hybridized carbons (Fsp3) is 0.333. The first-order chi connectivity index (χ1) is 8.63. The van der Waals surface area contributed by atoms with E-state index in [1.54, 1.807) is 24.1 Å². The van der Waals surface area contributed by atoms with Crippen molar-refractivity contribution >= 4 is 23.5 Å². The topological polar surface area (TPSA) is 67.9 Å². The van der Waals surface area contributed by atoms with Gasteiger partial charge in [-0.15, -0.1) is 0 Å². The Morgan fingerprint density at radius 1 is 1.56 bits per heavy atom. The van der Waals surface area contributed by atoms with Crippen LogP contribution in [0.3, 0.4) is 0 Å². The first kappa shape index (κ1) is 12.9. The lowest BCUT2D eigenvalue weighted by atomic mass is 10.1. The second-order valence-electron chi connectivity index (χ2n) is 3.96. The number of urea groups is 1. The molecule has 0 saturated carbocycles. The third-order valence-corrected chi connectivity index (χ3v) is 3.00. The zero-order valence-electron chi connectivity index (χ0n) is 9.97. The normalized spacial score (nSPS) is 19.2. The van der Waals surface area contributed by atoms with Crippen LogP contribution in [0.25, 0.3) is 0 Å². The molecule has 1 aliphatic rings. The van der Waals surface area contributed by atoms with Gasteiger partial charge in [-0.3, -0.25) is 0 Å². The predicted octanol–water partition coefficient (Wildman–Crippen LogP) is 1.82. The number of hydrogen-bond donors (Lipinski definition) is 1. The third kappa shape index (κ3) is 2.47. The quantitative estimate of drug-likeness (QED) is 0.905. The molecular formula is C12H14ClN3O2. The minimum Gasteiger partial charge on any atom is -0.385 e. The van der Waals surface area contributed by atoms with E-state index in [0.717, 1.165) is 5.56 Å². The van der Waals surface area contributed by atoms with Crippen molar-refractivity contribution in [3.63, 3.8) is 0 Å². The lowest BCUT2D eigenvalue weighted by Gasteiger charge is -2.24. The maximum Gasteiger partial charge on any atom is 0.346 e. The summed E-state index contributed by atoms with van der Waals surface area (Å²) in [7, 11) is 1.58. The number of nitrogens with zero attached hydrogens (tertiary/aromatic N) is 2. The van der Waals surface area contributed by atoms with E-state index in [2.05, 4.69) is 4.99 Å². The summed E-state index contributed by atoms with van der Waals surface area (Å²) in [6.45, 7) is 0.877. The molecule has 1 unspecified atom stereocenters. The van der Waals surface area contributed by atoms with E-state index in [4.69, 9.17) is 22.1 Å². The summed E-state index contributed by atoms with van der Waals surface area (Å²) < 4.78 is 4.98. The van der Waals surface area contributed by atoms with Crippen LogP contribution in [0.2, 0.25) is 5.02 Å². The number of nitrogens with two attached hydrogens (primary N) is 1.